The second kappa shape index (κ2) is 3.57. The average Bonchev–Trinajstić information content (AvgIpc) is 2.13. The molecule has 0 atom stereocenters. The molecule has 13 heavy (non-hydrogen) atoms. The van der Waals surface area contributed by atoms with Crippen LogP contribution in [0.2, 0.25) is 15.1 Å². The molecule has 0 saturated heterocycles. The predicted molar refractivity (Wildman–Crippen MR) is 50.3 cm³/mol. The van der Waals surface area contributed by atoms with E-state index in [0.29, 0.717) is 0 Å². The van der Waals surface area contributed by atoms with Crippen LogP contribution in [0.4, 0.5) is 5.69 Å². The number of rotatable bonds is 1. The summed E-state index contributed by atoms with van der Waals surface area (Å²) in [6.45, 7) is 0. The lowest BCUT2D eigenvalue weighted by molar-refractivity contribution is 0.462. The molecule has 1 aromatic carbocycles. The maximum absolute atomic E-state index is 10.2. The molecule has 0 heterocycles. The van der Waals surface area contributed by atoms with E-state index in [1.807, 2.05) is 0 Å². The van der Waals surface area contributed by atoms with E-state index in [-0.39, 0.29) is 10.0 Å². The molecule has 0 amide bonds. The van der Waals surface area contributed by atoms with Gasteiger partial charge in [0.15, 0.2) is 17.2 Å². The smallest absolute Gasteiger partial charge is 0.173 e. The summed E-state index contributed by atoms with van der Waals surface area (Å²) < 4.78 is 0. The highest BCUT2D eigenvalue weighted by Crippen LogP contribution is 2.50. The Hall–Kier alpha value is -0.710. The van der Waals surface area contributed by atoms with E-state index >= 15 is 0 Å². The summed E-state index contributed by atoms with van der Waals surface area (Å²) in [4.78, 5) is 10.2. The highest BCUT2D eigenvalue weighted by molar-refractivity contribution is 6.46. The van der Waals surface area contributed by atoms with Crippen LogP contribution in [0, 0.1) is 4.91 Å². The van der Waals surface area contributed by atoms with Crippen LogP contribution in [0.15, 0.2) is 5.18 Å². The number of nitrogens with zero attached hydrogens (tertiary/aromatic N) is 1. The molecule has 0 bridgehead atoms. The van der Waals surface area contributed by atoms with Gasteiger partial charge in [-0.15, -0.1) is 4.91 Å². The topological polar surface area (TPSA) is 69.9 Å². The standard InChI is InChI=1S/C6H2Cl3NO3/c7-1-2(8)6(12)4(10-13)3(9)5(1)11/h11-12H. The highest BCUT2D eigenvalue weighted by Gasteiger charge is 2.21. The first-order chi connectivity index (χ1) is 6.00. The minimum absolute atomic E-state index is 0.323. The summed E-state index contributed by atoms with van der Waals surface area (Å²) >= 11 is 16.3. The number of benzene rings is 1. The van der Waals surface area contributed by atoms with Crippen molar-refractivity contribution in [1.82, 2.24) is 0 Å². The van der Waals surface area contributed by atoms with Gasteiger partial charge in [-0.1, -0.05) is 34.8 Å². The summed E-state index contributed by atoms with van der Waals surface area (Å²) in [6.07, 6.45) is 0. The summed E-state index contributed by atoms with van der Waals surface area (Å²) in [7, 11) is 0. The third-order valence-electron chi connectivity index (χ3n) is 1.34. The normalized spacial score (nSPS) is 10.1. The van der Waals surface area contributed by atoms with Crippen molar-refractivity contribution in [3.8, 4) is 11.5 Å². The van der Waals surface area contributed by atoms with Gasteiger partial charge in [0.2, 0.25) is 0 Å². The molecule has 0 saturated carbocycles. The van der Waals surface area contributed by atoms with Crippen LogP contribution in [-0.4, -0.2) is 10.2 Å². The molecule has 0 spiro atoms. The van der Waals surface area contributed by atoms with Gasteiger partial charge in [-0.25, -0.2) is 0 Å². The van der Waals surface area contributed by atoms with E-state index < -0.39 is 22.2 Å². The molecule has 2 N–H and O–H groups in total. The second-order valence-corrected chi connectivity index (χ2v) is 3.21. The summed E-state index contributed by atoms with van der Waals surface area (Å²) in [5, 5.41) is 19.6. The third-order valence-corrected chi connectivity index (χ3v) is 2.53. The largest absolute Gasteiger partial charge is 0.505 e. The minimum atomic E-state index is -0.649. The quantitative estimate of drug-likeness (QED) is 0.450. The van der Waals surface area contributed by atoms with Crippen molar-refractivity contribution in [2.45, 2.75) is 0 Å². The molecule has 0 aliphatic carbocycles. The van der Waals surface area contributed by atoms with E-state index in [1.54, 1.807) is 0 Å². The Kier molecular flexibility index (Phi) is 2.85. The first-order valence-electron chi connectivity index (χ1n) is 2.92. The fourth-order valence-electron chi connectivity index (χ4n) is 0.708. The molecule has 0 radical (unpaired) electrons. The SMILES string of the molecule is O=Nc1c(O)c(Cl)c(Cl)c(O)c1Cl. The Morgan fingerprint density at radius 1 is 0.923 bits per heavy atom. The number of hydrogen-bond donors (Lipinski definition) is 2. The second-order valence-electron chi connectivity index (χ2n) is 2.08. The van der Waals surface area contributed by atoms with Gasteiger partial charge in [0, 0.05) is 0 Å². The lowest BCUT2D eigenvalue weighted by Gasteiger charge is -2.06. The van der Waals surface area contributed by atoms with Crippen LogP contribution in [-0.2, 0) is 0 Å². The maximum atomic E-state index is 10.2. The molecule has 0 aliphatic heterocycles. The van der Waals surface area contributed by atoms with Crippen molar-refractivity contribution in [2.24, 2.45) is 5.18 Å². The fourth-order valence-corrected chi connectivity index (χ4v) is 1.34. The zero-order valence-electron chi connectivity index (χ0n) is 5.88. The van der Waals surface area contributed by atoms with Crippen LogP contribution < -0.4 is 0 Å². The van der Waals surface area contributed by atoms with Gasteiger partial charge in [-0.2, -0.15) is 0 Å². The van der Waals surface area contributed by atoms with Crippen LogP contribution in [0.1, 0.15) is 0 Å². The molecule has 0 aromatic heterocycles. The van der Waals surface area contributed by atoms with Gasteiger partial charge < -0.3 is 10.2 Å². The van der Waals surface area contributed by atoms with E-state index in [4.69, 9.17) is 39.9 Å². The third kappa shape index (κ3) is 1.52. The molecule has 1 rings (SSSR count). The number of nitroso groups, excluding NO2 is 1. The van der Waals surface area contributed by atoms with Gasteiger partial charge in [0.25, 0.3) is 0 Å². The maximum Gasteiger partial charge on any atom is 0.173 e. The Bertz CT molecular complexity index is 351. The van der Waals surface area contributed by atoms with Crippen molar-refractivity contribution >= 4 is 40.5 Å². The number of aromatic hydroxyl groups is 2. The molecule has 0 unspecified atom stereocenters. The van der Waals surface area contributed by atoms with E-state index in [0.717, 1.165) is 0 Å². The van der Waals surface area contributed by atoms with Crippen LogP contribution in [0.25, 0.3) is 0 Å². The van der Waals surface area contributed by atoms with Crippen molar-refractivity contribution in [1.29, 1.82) is 0 Å². The monoisotopic (exact) mass is 241 g/mol. The van der Waals surface area contributed by atoms with Gasteiger partial charge in [-0.3, -0.25) is 0 Å². The van der Waals surface area contributed by atoms with E-state index in [1.165, 1.54) is 0 Å². The number of hydrogen-bond acceptors (Lipinski definition) is 4. The zero-order chi connectivity index (χ0) is 10.2. The molecule has 0 fully saturated rings. The lowest BCUT2D eigenvalue weighted by Crippen LogP contribution is -1.78. The van der Waals surface area contributed by atoms with E-state index in [9.17, 15) is 10.0 Å². The highest BCUT2D eigenvalue weighted by atomic mass is 35.5. The minimum Gasteiger partial charge on any atom is -0.505 e. The molecule has 7 heteroatoms. The van der Waals surface area contributed by atoms with Crippen LogP contribution in [0.5, 0.6) is 11.5 Å². The van der Waals surface area contributed by atoms with Crippen molar-refractivity contribution in [2.75, 3.05) is 0 Å². The van der Waals surface area contributed by atoms with E-state index in [2.05, 4.69) is 5.18 Å². The van der Waals surface area contributed by atoms with Gasteiger partial charge in [-0.05, 0) is 5.18 Å². The number of phenols is 2. The summed E-state index contributed by atoms with van der Waals surface area (Å²) in [6, 6.07) is 0. The van der Waals surface area contributed by atoms with Crippen LogP contribution >= 0.6 is 34.8 Å². The zero-order valence-corrected chi connectivity index (χ0v) is 8.15. The molecule has 0 aliphatic rings. The molecule has 1 aromatic rings. The first kappa shape index (κ1) is 10.4. The van der Waals surface area contributed by atoms with Crippen molar-refractivity contribution in [3.05, 3.63) is 20.0 Å². The average molecular weight is 242 g/mol. The van der Waals surface area contributed by atoms with Gasteiger partial charge in [0.1, 0.15) is 15.1 Å². The van der Waals surface area contributed by atoms with Gasteiger partial charge >= 0.3 is 0 Å². The summed E-state index contributed by atoms with van der Waals surface area (Å²) in [5.41, 5.74) is -0.534. The van der Waals surface area contributed by atoms with Crippen LogP contribution in [0.3, 0.4) is 0 Å². The van der Waals surface area contributed by atoms with Gasteiger partial charge in [0.05, 0.1) is 0 Å². The number of halogens is 3. The molecular formula is C6H2Cl3NO3. The Labute approximate surface area is 87.6 Å². The molecular weight excluding hydrogens is 240 g/mol. The summed E-state index contributed by atoms with van der Waals surface area (Å²) in [5.74, 6) is -1.23. The number of phenolic OH excluding ortho intramolecular Hbond substituents is 2. The van der Waals surface area contributed by atoms with Crippen molar-refractivity contribution in [3.63, 3.8) is 0 Å². The Balaban J connectivity index is 3.66. The Morgan fingerprint density at radius 3 is 1.85 bits per heavy atom. The predicted octanol–water partition coefficient (Wildman–Crippen LogP) is 3.46. The fraction of sp³-hybridized carbons (Fsp3) is 0. The Morgan fingerprint density at radius 2 is 1.38 bits per heavy atom. The van der Waals surface area contributed by atoms with Crippen molar-refractivity contribution < 1.29 is 10.2 Å². The lowest BCUT2D eigenvalue weighted by atomic mass is 10.3. The first-order valence-corrected chi connectivity index (χ1v) is 4.05. The molecule has 70 valence electrons. The molecule has 4 nitrogen and oxygen atoms in total.